The molecule has 0 radical (unpaired) electrons. The standard InChI is InChI=1S/C22H22/c1-14(22(2,3)4)18-12-10-17-9-8-15-6-5-7-16-11-13-19(18)21(17)20(15)16/h5-14H,1-4H3. The number of hydrogen-bond acceptors (Lipinski definition) is 0. The maximum absolute atomic E-state index is 2.35. The number of hydrogen-bond donors (Lipinski definition) is 0. The van der Waals surface area contributed by atoms with Gasteiger partial charge in [-0.05, 0) is 49.2 Å². The van der Waals surface area contributed by atoms with Crippen molar-refractivity contribution >= 4 is 32.3 Å². The van der Waals surface area contributed by atoms with E-state index in [0.29, 0.717) is 5.92 Å². The third-order valence-corrected chi connectivity index (χ3v) is 5.33. The summed E-state index contributed by atoms with van der Waals surface area (Å²) in [5, 5.41) is 8.31. The lowest BCUT2D eigenvalue weighted by Gasteiger charge is -2.29. The highest BCUT2D eigenvalue weighted by Crippen LogP contribution is 2.42. The van der Waals surface area contributed by atoms with Crippen LogP contribution in [0.15, 0.2) is 54.6 Å². The number of benzene rings is 4. The Morgan fingerprint density at radius 2 is 1.23 bits per heavy atom. The van der Waals surface area contributed by atoms with Gasteiger partial charge in [0.25, 0.3) is 0 Å². The molecule has 0 aromatic heterocycles. The van der Waals surface area contributed by atoms with Gasteiger partial charge < -0.3 is 0 Å². The van der Waals surface area contributed by atoms with Crippen molar-refractivity contribution in [3.63, 3.8) is 0 Å². The quantitative estimate of drug-likeness (QED) is 0.340. The van der Waals surface area contributed by atoms with Crippen molar-refractivity contribution in [3.05, 3.63) is 60.2 Å². The van der Waals surface area contributed by atoms with E-state index in [1.165, 1.54) is 37.9 Å². The second-order valence-corrected chi connectivity index (χ2v) is 7.60. The largest absolute Gasteiger partial charge is 0.0610 e. The van der Waals surface area contributed by atoms with Crippen molar-refractivity contribution in [2.24, 2.45) is 5.41 Å². The Kier molecular flexibility index (Phi) is 2.75. The van der Waals surface area contributed by atoms with Gasteiger partial charge in [-0.3, -0.25) is 0 Å². The molecule has 0 aliphatic carbocycles. The second kappa shape index (κ2) is 4.46. The van der Waals surface area contributed by atoms with Gasteiger partial charge in [0.05, 0.1) is 0 Å². The average Bonchev–Trinajstić information content (AvgIpc) is 2.51. The van der Waals surface area contributed by atoms with E-state index in [9.17, 15) is 0 Å². The van der Waals surface area contributed by atoms with Crippen molar-refractivity contribution in [3.8, 4) is 0 Å². The predicted octanol–water partition coefficient (Wildman–Crippen LogP) is 6.73. The minimum atomic E-state index is 0.267. The summed E-state index contributed by atoms with van der Waals surface area (Å²) in [6, 6.07) is 20.3. The zero-order chi connectivity index (χ0) is 15.5. The Balaban J connectivity index is 2.17. The molecule has 0 nitrogen and oxygen atoms in total. The van der Waals surface area contributed by atoms with E-state index >= 15 is 0 Å². The van der Waals surface area contributed by atoms with Crippen molar-refractivity contribution in [1.29, 1.82) is 0 Å². The van der Waals surface area contributed by atoms with Crippen LogP contribution in [0.5, 0.6) is 0 Å². The monoisotopic (exact) mass is 286 g/mol. The smallest absolute Gasteiger partial charge is 0.00239 e. The molecule has 4 rings (SSSR count). The van der Waals surface area contributed by atoms with Gasteiger partial charge in [-0.25, -0.2) is 0 Å². The predicted molar refractivity (Wildman–Crippen MR) is 98.0 cm³/mol. The molecule has 4 aromatic rings. The molecule has 22 heavy (non-hydrogen) atoms. The lowest BCUT2D eigenvalue weighted by atomic mass is 9.75. The lowest BCUT2D eigenvalue weighted by molar-refractivity contribution is 0.341. The van der Waals surface area contributed by atoms with E-state index in [2.05, 4.69) is 82.3 Å². The fourth-order valence-corrected chi connectivity index (χ4v) is 3.60. The topological polar surface area (TPSA) is 0 Å². The van der Waals surface area contributed by atoms with Crippen LogP contribution in [0, 0.1) is 5.41 Å². The highest BCUT2D eigenvalue weighted by molar-refractivity contribution is 6.23. The van der Waals surface area contributed by atoms with Crippen LogP contribution in [0.4, 0.5) is 0 Å². The fraction of sp³-hybridized carbons (Fsp3) is 0.273. The summed E-state index contributed by atoms with van der Waals surface area (Å²) < 4.78 is 0. The molecule has 0 fully saturated rings. The summed E-state index contributed by atoms with van der Waals surface area (Å²) in [6.07, 6.45) is 0. The summed E-state index contributed by atoms with van der Waals surface area (Å²) in [6.45, 7) is 9.34. The molecule has 0 bridgehead atoms. The van der Waals surface area contributed by atoms with Crippen molar-refractivity contribution in [1.82, 2.24) is 0 Å². The average molecular weight is 286 g/mol. The van der Waals surface area contributed by atoms with Gasteiger partial charge in [-0.2, -0.15) is 0 Å². The molecular weight excluding hydrogens is 264 g/mol. The Morgan fingerprint density at radius 1 is 0.682 bits per heavy atom. The van der Waals surface area contributed by atoms with E-state index in [1.807, 2.05) is 0 Å². The van der Waals surface area contributed by atoms with Crippen LogP contribution in [-0.4, -0.2) is 0 Å². The maximum atomic E-state index is 2.35. The molecule has 0 N–H and O–H groups in total. The van der Waals surface area contributed by atoms with Crippen LogP contribution < -0.4 is 0 Å². The summed E-state index contributed by atoms with van der Waals surface area (Å²) in [5.74, 6) is 0.525. The summed E-state index contributed by atoms with van der Waals surface area (Å²) in [7, 11) is 0. The third-order valence-electron chi connectivity index (χ3n) is 5.33. The van der Waals surface area contributed by atoms with Gasteiger partial charge >= 0.3 is 0 Å². The molecule has 0 amide bonds. The van der Waals surface area contributed by atoms with Crippen molar-refractivity contribution in [2.75, 3.05) is 0 Å². The first-order valence-corrected chi connectivity index (χ1v) is 8.13. The van der Waals surface area contributed by atoms with E-state index in [4.69, 9.17) is 0 Å². The first-order chi connectivity index (χ1) is 10.5. The maximum Gasteiger partial charge on any atom is -0.00239 e. The van der Waals surface area contributed by atoms with E-state index < -0.39 is 0 Å². The van der Waals surface area contributed by atoms with E-state index in [0.717, 1.165) is 0 Å². The van der Waals surface area contributed by atoms with Gasteiger partial charge in [0.15, 0.2) is 0 Å². The zero-order valence-electron chi connectivity index (χ0n) is 13.8. The van der Waals surface area contributed by atoms with Crippen LogP contribution in [0.25, 0.3) is 32.3 Å². The van der Waals surface area contributed by atoms with E-state index in [1.54, 1.807) is 0 Å². The summed E-state index contributed by atoms with van der Waals surface area (Å²) in [4.78, 5) is 0. The Hall–Kier alpha value is -2.08. The van der Waals surface area contributed by atoms with Crippen LogP contribution in [0.3, 0.4) is 0 Å². The molecule has 0 aliphatic heterocycles. The zero-order valence-corrected chi connectivity index (χ0v) is 13.8. The Labute approximate surface area is 132 Å². The minimum absolute atomic E-state index is 0.267. The van der Waals surface area contributed by atoms with Gasteiger partial charge in [0, 0.05) is 0 Å². The molecular formula is C22H22. The molecule has 0 saturated heterocycles. The summed E-state index contributed by atoms with van der Waals surface area (Å²) in [5.41, 5.74) is 1.74. The number of rotatable bonds is 1. The molecule has 0 spiro atoms. The molecule has 0 saturated carbocycles. The Bertz CT molecular complexity index is 954. The first-order valence-electron chi connectivity index (χ1n) is 8.13. The van der Waals surface area contributed by atoms with E-state index in [-0.39, 0.29) is 5.41 Å². The van der Waals surface area contributed by atoms with Crippen molar-refractivity contribution in [2.45, 2.75) is 33.6 Å². The van der Waals surface area contributed by atoms with Crippen LogP contribution >= 0.6 is 0 Å². The normalized spacial score (nSPS) is 14.2. The highest BCUT2D eigenvalue weighted by Gasteiger charge is 2.24. The van der Waals surface area contributed by atoms with Gasteiger partial charge in [0.1, 0.15) is 0 Å². The molecule has 0 aliphatic rings. The Morgan fingerprint density at radius 3 is 1.86 bits per heavy atom. The molecule has 0 heteroatoms. The lowest BCUT2D eigenvalue weighted by Crippen LogP contribution is -2.15. The SMILES string of the molecule is CC(c1ccc2ccc3cccc4ccc1c2c34)C(C)(C)C. The molecule has 1 unspecified atom stereocenters. The molecule has 0 heterocycles. The molecule has 4 aromatic carbocycles. The third kappa shape index (κ3) is 1.83. The van der Waals surface area contributed by atoms with Crippen LogP contribution in [0.1, 0.15) is 39.2 Å². The summed E-state index contributed by atoms with van der Waals surface area (Å²) >= 11 is 0. The van der Waals surface area contributed by atoms with Gasteiger partial charge in [0.2, 0.25) is 0 Å². The second-order valence-electron chi connectivity index (χ2n) is 7.60. The van der Waals surface area contributed by atoms with Crippen molar-refractivity contribution < 1.29 is 0 Å². The fourth-order valence-electron chi connectivity index (χ4n) is 3.60. The highest BCUT2D eigenvalue weighted by atomic mass is 14.3. The van der Waals surface area contributed by atoms with Crippen LogP contribution in [0.2, 0.25) is 0 Å². The molecule has 110 valence electrons. The first kappa shape index (κ1) is 13.6. The van der Waals surface area contributed by atoms with Crippen LogP contribution in [-0.2, 0) is 0 Å². The van der Waals surface area contributed by atoms with Gasteiger partial charge in [-0.15, -0.1) is 0 Å². The van der Waals surface area contributed by atoms with Gasteiger partial charge in [-0.1, -0.05) is 82.3 Å². The molecule has 1 atom stereocenters. The minimum Gasteiger partial charge on any atom is -0.0610 e.